The van der Waals surface area contributed by atoms with Crippen LogP contribution in [-0.4, -0.2) is 16.4 Å². The Bertz CT molecular complexity index is 1140. The molecule has 3 rings (SSSR count). The van der Waals surface area contributed by atoms with Gasteiger partial charge in [0, 0.05) is 0 Å². The van der Waals surface area contributed by atoms with Crippen molar-refractivity contribution in [3.8, 4) is 0 Å². The molecule has 0 atom stereocenters. The normalized spacial score (nSPS) is 12.3. The van der Waals surface area contributed by atoms with Crippen LogP contribution in [0.4, 0.5) is 11.4 Å². The minimum atomic E-state index is -1.62. The average Bonchev–Trinajstić information content (AvgIpc) is 2.81. The van der Waals surface area contributed by atoms with E-state index in [2.05, 4.69) is 77.9 Å². The first kappa shape index (κ1) is 30.6. The molecule has 0 unspecified atom stereocenters. The molecule has 2 aromatic carbocycles. The molecule has 0 saturated carbocycles. The van der Waals surface area contributed by atoms with Gasteiger partial charge in [-0.05, 0) is 73.9 Å². The number of halogens is 3. The van der Waals surface area contributed by atoms with Gasteiger partial charge in [-0.15, -0.1) is 0 Å². The Balaban J connectivity index is 0.00000106. The Labute approximate surface area is 233 Å². The number of benzene rings is 2. The number of rotatable bonds is 6. The van der Waals surface area contributed by atoms with Crippen LogP contribution in [0.1, 0.15) is 87.0 Å². The van der Waals surface area contributed by atoms with Crippen molar-refractivity contribution in [3.63, 3.8) is 0 Å². The minimum absolute atomic E-state index is 0.416. The van der Waals surface area contributed by atoms with Gasteiger partial charge in [-0.1, -0.05) is 70.2 Å². The molecule has 0 aliphatic rings. The van der Waals surface area contributed by atoms with Crippen LogP contribution >= 0.6 is 30.1 Å². The van der Waals surface area contributed by atoms with Crippen LogP contribution in [0, 0.1) is 13.8 Å². The average molecular weight is 584 g/mol. The number of hydrogen-bond donors (Lipinski definition) is 0. The number of pyridine rings is 1. The van der Waals surface area contributed by atoms with E-state index >= 15 is 0 Å². The molecule has 1 heterocycles. The van der Waals surface area contributed by atoms with E-state index in [1.807, 2.05) is 32.0 Å². The molecule has 1 aromatic heterocycles. The van der Waals surface area contributed by atoms with Crippen molar-refractivity contribution < 1.29 is 11.4 Å². The van der Waals surface area contributed by atoms with Gasteiger partial charge in [-0.3, -0.25) is 9.98 Å². The molecule has 0 bridgehead atoms. The van der Waals surface area contributed by atoms with Gasteiger partial charge in [-0.25, -0.2) is 4.98 Å². The first-order chi connectivity index (χ1) is 16.9. The zero-order valence-corrected chi connectivity index (χ0v) is 25.8. The molecule has 193 valence electrons. The zero-order chi connectivity index (χ0) is 27.0. The molecule has 7 heteroatoms. The summed E-state index contributed by atoms with van der Waals surface area (Å²) in [6.45, 7) is 17.1. The summed E-state index contributed by atoms with van der Waals surface area (Å²) >= 11 is -1.62. The third-order valence-corrected chi connectivity index (χ3v) is 5.83. The monoisotopic (exact) mass is 582 g/mol. The van der Waals surface area contributed by atoms with Crippen molar-refractivity contribution in [1.82, 2.24) is 4.98 Å². The van der Waals surface area contributed by atoms with Crippen molar-refractivity contribution in [1.29, 1.82) is 0 Å². The van der Waals surface area contributed by atoms with E-state index in [4.69, 9.17) is 45.1 Å². The zero-order valence-electron chi connectivity index (χ0n) is 22.2. The van der Waals surface area contributed by atoms with Gasteiger partial charge in [-0.2, -0.15) is 0 Å². The van der Waals surface area contributed by atoms with Gasteiger partial charge in [0.2, 0.25) is 0 Å². The summed E-state index contributed by atoms with van der Waals surface area (Å²) in [6.07, 6.45) is 0. The second-order valence-corrected chi connectivity index (χ2v) is 15.6. The van der Waals surface area contributed by atoms with E-state index in [-0.39, 0.29) is 0 Å². The van der Waals surface area contributed by atoms with Crippen molar-refractivity contribution in [2.24, 2.45) is 9.98 Å². The molecule has 0 N–H and O–H groups in total. The van der Waals surface area contributed by atoms with Crippen molar-refractivity contribution >= 4 is 52.9 Å². The molecule has 0 aliphatic carbocycles. The van der Waals surface area contributed by atoms with Crippen molar-refractivity contribution in [3.05, 3.63) is 88.2 Å². The number of aryl methyl sites for hydroxylation is 2. The molecule has 0 amide bonds. The maximum atomic E-state index is 5.00. The molecule has 0 spiro atoms. The fourth-order valence-corrected chi connectivity index (χ4v) is 3.89. The van der Waals surface area contributed by atoms with Crippen LogP contribution in [-0.2, 0) is 11.4 Å². The molecule has 0 aliphatic heterocycles. The van der Waals surface area contributed by atoms with Crippen LogP contribution in [0.15, 0.2) is 64.6 Å². The third-order valence-electron chi connectivity index (χ3n) is 5.83. The van der Waals surface area contributed by atoms with E-state index in [0.29, 0.717) is 11.8 Å². The fourth-order valence-electron chi connectivity index (χ4n) is 3.89. The van der Waals surface area contributed by atoms with Gasteiger partial charge in [0.25, 0.3) is 0 Å². The molecular weight excluding hydrogens is 549 g/mol. The van der Waals surface area contributed by atoms with E-state index in [1.54, 1.807) is 0 Å². The predicted octanol–water partition coefficient (Wildman–Crippen LogP) is 10.3. The first-order valence-electron chi connectivity index (χ1n) is 11.9. The van der Waals surface area contributed by atoms with Crippen molar-refractivity contribution in [2.75, 3.05) is 0 Å². The summed E-state index contributed by atoms with van der Waals surface area (Å²) < 4.78 is 0. The summed E-state index contributed by atoms with van der Waals surface area (Å²) in [6, 6.07) is 18.9. The maximum absolute atomic E-state index is 5.00. The number of hydrogen-bond acceptors (Lipinski definition) is 3. The summed E-state index contributed by atoms with van der Waals surface area (Å²) in [5.74, 6) is 0.832. The third kappa shape index (κ3) is 8.72. The van der Waals surface area contributed by atoms with E-state index in [9.17, 15) is 0 Å². The van der Waals surface area contributed by atoms with Crippen LogP contribution in [0.2, 0.25) is 0 Å². The molecular formula is C29H35Cl3CrN3. The standard InChI is InChI=1S/C29H35N3.3ClH.Cr/c1-18(2)24-14-9-12-20(5)28(24)30-22(7)26-16-11-17-27(32-26)23(8)31-29-21(6)13-10-15-25(29)19(3)4;;;;/h9-19H,1-8H3;3*1H;/q;;;;+3/p-3. The second-order valence-electron chi connectivity index (χ2n) is 9.31. The van der Waals surface area contributed by atoms with Crippen LogP contribution < -0.4 is 0 Å². The molecule has 36 heavy (non-hydrogen) atoms. The van der Waals surface area contributed by atoms with Gasteiger partial charge in [0.15, 0.2) is 0 Å². The van der Waals surface area contributed by atoms with E-state index in [1.165, 1.54) is 22.3 Å². The SMILES string of the molecule is CC(=Nc1c(C)cccc1C(C)C)c1cccc(C(C)=Nc2c(C)cccc2C(C)C)n1.[Cl][Cr]([Cl])[Cl]. The van der Waals surface area contributed by atoms with Gasteiger partial charge >= 0.3 is 41.5 Å². The number of nitrogens with zero attached hydrogens (tertiary/aromatic N) is 3. The molecule has 0 saturated heterocycles. The molecule has 0 fully saturated rings. The Hall–Kier alpha value is -1.67. The Morgan fingerprint density at radius 1 is 0.667 bits per heavy atom. The Morgan fingerprint density at radius 3 is 1.33 bits per heavy atom. The van der Waals surface area contributed by atoms with Gasteiger partial charge < -0.3 is 0 Å². The van der Waals surface area contributed by atoms with Crippen LogP contribution in [0.5, 0.6) is 0 Å². The number of para-hydroxylation sites is 2. The summed E-state index contributed by atoms with van der Waals surface area (Å²) in [4.78, 5) is 14.9. The van der Waals surface area contributed by atoms with E-state index < -0.39 is 11.4 Å². The molecule has 0 radical (unpaired) electrons. The topological polar surface area (TPSA) is 37.6 Å². The molecule has 3 aromatic rings. The number of aliphatic imine (C=N–C) groups is 2. The Kier molecular flexibility index (Phi) is 12.2. The van der Waals surface area contributed by atoms with Crippen LogP contribution in [0.25, 0.3) is 0 Å². The van der Waals surface area contributed by atoms with Crippen LogP contribution in [0.3, 0.4) is 0 Å². The summed E-state index contributed by atoms with van der Waals surface area (Å²) in [5, 5.41) is 0. The molecule has 3 nitrogen and oxygen atoms in total. The van der Waals surface area contributed by atoms with E-state index in [0.717, 1.165) is 34.2 Å². The predicted molar refractivity (Wildman–Crippen MR) is 156 cm³/mol. The quantitative estimate of drug-likeness (QED) is 0.266. The fraction of sp³-hybridized carbons (Fsp3) is 0.345. The van der Waals surface area contributed by atoms with Crippen molar-refractivity contribution in [2.45, 2.75) is 67.2 Å². The van der Waals surface area contributed by atoms with Gasteiger partial charge in [0.1, 0.15) is 0 Å². The number of aromatic nitrogens is 1. The van der Waals surface area contributed by atoms with Gasteiger partial charge in [0.05, 0.1) is 34.2 Å². The summed E-state index contributed by atoms with van der Waals surface area (Å²) in [7, 11) is 14.8. The second kappa shape index (κ2) is 14.3. The summed E-state index contributed by atoms with van der Waals surface area (Å²) in [5.41, 5.74) is 10.6. The Morgan fingerprint density at radius 2 is 1.00 bits per heavy atom. The first-order valence-corrected chi connectivity index (χ1v) is 17.2.